The molecule has 0 saturated carbocycles. The number of benzene rings is 1. The van der Waals surface area contributed by atoms with E-state index in [0.29, 0.717) is 18.7 Å². The third-order valence-electron chi connectivity index (χ3n) is 4.43. The second kappa shape index (κ2) is 9.98. The van der Waals surface area contributed by atoms with Crippen molar-refractivity contribution in [3.8, 4) is 0 Å². The van der Waals surface area contributed by atoms with Crippen molar-refractivity contribution in [1.29, 1.82) is 0 Å². The molecular weight excluding hydrogens is 408 g/mol. The summed E-state index contributed by atoms with van der Waals surface area (Å²) in [5, 5.41) is 8.39. The first-order valence-corrected chi connectivity index (χ1v) is 9.86. The Bertz CT molecular complexity index is 964. The first-order valence-electron chi connectivity index (χ1n) is 9.48. The quantitative estimate of drug-likeness (QED) is 0.539. The smallest absolute Gasteiger partial charge is 0.307 e. The predicted octanol–water partition coefficient (Wildman–Crippen LogP) is 3.02. The number of carbonyl (C=O) groups excluding carboxylic acids is 3. The molecule has 30 heavy (non-hydrogen) atoms. The van der Waals surface area contributed by atoms with Crippen LogP contribution in [0.15, 0.2) is 53.8 Å². The van der Waals surface area contributed by atoms with Crippen molar-refractivity contribution in [2.75, 3.05) is 11.9 Å². The number of hydrogen-bond donors (Lipinski definition) is 1. The average molecular weight is 429 g/mol. The number of nitrogens with one attached hydrogen (secondary N) is 1. The van der Waals surface area contributed by atoms with E-state index in [1.165, 1.54) is 18.1 Å². The largest absolute Gasteiger partial charge is 0.453 e. The molecule has 0 aliphatic carbocycles. The molecule has 0 saturated heterocycles. The SMILES string of the molecule is CC(OC(=O)CCC(=O)N1CCC(c2ccccc2)=N1)C(=O)Nc1cccnc1Cl. The van der Waals surface area contributed by atoms with E-state index in [-0.39, 0.29) is 23.9 Å². The molecule has 0 fully saturated rings. The van der Waals surface area contributed by atoms with E-state index in [9.17, 15) is 14.4 Å². The first-order chi connectivity index (χ1) is 14.4. The fourth-order valence-electron chi connectivity index (χ4n) is 2.83. The molecule has 0 radical (unpaired) electrons. The van der Waals surface area contributed by atoms with Gasteiger partial charge in [-0.1, -0.05) is 41.9 Å². The van der Waals surface area contributed by atoms with Crippen molar-refractivity contribution in [3.63, 3.8) is 0 Å². The van der Waals surface area contributed by atoms with Gasteiger partial charge in [-0.25, -0.2) is 9.99 Å². The standard InChI is InChI=1S/C21H21ClN4O4/c1-14(21(29)24-17-8-5-12-23-20(17)22)30-19(28)10-9-18(27)26-13-11-16(25-26)15-6-3-2-4-7-15/h2-8,12,14H,9-11,13H2,1H3,(H,24,29). The lowest BCUT2D eigenvalue weighted by Crippen LogP contribution is -2.31. The maximum absolute atomic E-state index is 12.3. The van der Waals surface area contributed by atoms with Crippen LogP contribution < -0.4 is 5.32 Å². The molecule has 156 valence electrons. The van der Waals surface area contributed by atoms with Crippen molar-refractivity contribution in [1.82, 2.24) is 9.99 Å². The Hall–Kier alpha value is -3.26. The molecule has 1 atom stereocenters. The number of hydrogen-bond acceptors (Lipinski definition) is 6. The lowest BCUT2D eigenvalue weighted by Gasteiger charge is -2.14. The highest BCUT2D eigenvalue weighted by atomic mass is 35.5. The van der Waals surface area contributed by atoms with Gasteiger partial charge in [-0.3, -0.25) is 14.4 Å². The van der Waals surface area contributed by atoms with Crippen LogP contribution in [0.25, 0.3) is 0 Å². The van der Waals surface area contributed by atoms with Crippen LogP contribution in [0.1, 0.15) is 31.7 Å². The van der Waals surface area contributed by atoms with Gasteiger partial charge in [0.05, 0.1) is 24.4 Å². The monoisotopic (exact) mass is 428 g/mol. The van der Waals surface area contributed by atoms with E-state index in [1.807, 2.05) is 30.3 Å². The predicted molar refractivity (Wildman–Crippen MR) is 112 cm³/mol. The first kappa shape index (κ1) is 21.4. The summed E-state index contributed by atoms with van der Waals surface area (Å²) in [6.07, 6.45) is 0.919. The Morgan fingerprint density at radius 2 is 1.93 bits per heavy atom. The van der Waals surface area contributed by atoms with Crippen molar-refractivity contribution in [2.24, 2.45) is 5.10 Å². The number of anilines is 1. The fraction of sp³-hybridized carbons (Fsp3) is 0.286. The van der Waals surface area contributed by atoms with Crippen molar-refractivity contribution in [2.45, 2.75) is 32.3 Å². The minimum atomic E-state index is -1.04. The Kier molecular flexibility index (Phi) is 7.13. The van der Waals surface area contributed by atoms with Crippen LogP contribution in [-0.2, 0) is 19.1 Å². The average Bonchev–Trinajstić information content (AvgIpc) is 3.24. The van der Waals surface area contributed by atoms with Crippen LogP contribution in [0, 0.1) is 0 Å². The zero-order valence-corrected chi connectivity index (χ0v) is 17.1. The molecule has 3 rings (SSSR count). The summed E-state index contributed by atoms with van der Waals surface area (Å²) in [4.78, 5) is 40.4. The van der Waals surface area contributed by atoms with Gasteiger partial charge in [0, 0.05) is 19.0 Å². The van der Waals surface area contributed by atoms with Gasteiger partial charge in [0.2, 0.25) is 5.91 Å². The molecule has 0 spiro atoms. The summed E-state index contributed by atoms with van der Waals surface area (Å²) in [6.45, 7) is 1.92. The molecule has 1 aromatic carbocycles. The van der Waals surface area contributed by atoms with Crippen LogP contribution in [0.3, 0.4) is 0 Å². The third-order valence-corrected chi connectivity index (χ3v) is 4.74. The molecule has 0 bridgehead atoms. The van der Waals surface area contributed by atoms with Crippen LogP contribution in [0.5, 0.6) is 0 Å². The van der Waals surface area contributed by atoms with Crippen molar-refractivity contribution in [3.05, 3.63) is 59.4 Å². The zero-order chi connectivity index (χ0) is 21.5. The maximum Gasteiger partial charge on any atom is 0.307 e. The number of aromatic nitrogens is 1. The van der Waals surface area contributed by atoms with Gasteiger partial charge < -0.3 is 10.1 Å². The molecule has 8 nitrogen and oxygen atoms in total. The number of amides is 2. The van der Waals surface area contributed by atoms with Crippen LogP contribution in [0.2, 0.25) is 5.15 Å². The van der Waals surface area contributed by atoms with Gasteiger partial charge in [0.25, 0.3) is 5.91 Å². The minimum absolute atomic E-state index is 0.0484. The molecule has 9 heteroatoms. The second-order valence-electron chi connectivity index (χ2n) is 6.64. The van der Waals surface area contributed by atoms with Crippen LogP contribution >= 0.6 is 11.6 Å². The van der Waals surface area contributed by atoms with Gasteiger partial charge >= 0.3 is 5.97 Å². The number of nitrogens with zero attached hydrogens (tertiary/aromatic N) is 3. The van der Waals surface area contributed by atoms with E-state index in [0.717, 1.165) is 11.3 Å². The van der Waals surface area contributed by atoms with Gasteiger partial charge in [0.15, 0.2) is 11.3 Å². The van der Waals surface area contributed by atoms with Gasteiger partial charge in [-0.05, 0) is 24.6 Å². The Balaban J connectivity index is 1.45. The zero-order valence-electron chi connectivity index (χ0n) is 16.4. The number of carbonyl (C=O) groups is 3. The molecule has 2 heterocycles. The molecule has 1 aromatic heterocycles. The third kappa shape index (κ3) is 5.64. The van der Waals surface area contributed by atoms with E-state index in [1.54, 1.807) is 12.1 Å². The van der Waals surface area contributed by atoms with Crippen LogP contribution in [-0.4, -0.2) is 46.1 Å². The lowest BCUT2D eigenvalue weighted by molar-refractivity contribution is -0.154. The van der Waals surface area contributed by atoms with Gasteiger partial charge in [-0.2, -0.15) is 5.10 Å². The second-order valence-corrected chi connectivity index (χ2v) is 7.00. The summed E-state index contributed by atoms with van der Waals surface area (Å²) >= 11 is 5.89. The molecular formula is C21H21ClN4O4. The van der Waals surface area contributed by atoms with Gasteiger partial charge in [-0.15, -0.1) is 0 Å². The van der Waals surface area contributed by atoms with Crippen LogP contribution in [0.4, 0.5) is 5.69 Å². The van der Waals surface area contributed by atoms with E-state index in [4.69, 9.17) is 16.3 Å². The number of halogens is 1. The van der Waals surface area contributed by atoms with E-state index in [2.05, 4.69) is 15.4 Å². The normalized spacial score (nSPS) is 14.1. The highest BCUT2D eigenvalue weighted by Crippen LogP contribution is 2.18. The number of pyridine rings is 1. The van der Waals surface area contributed by atoms with Crippen molar-refractivity contribution >= 4 is 40.8 Å². The summed E-state index contributed by atoms with van der Waals surface area (Å²) < 4.78 is 5.11. The highest BCUT2D eigenvalue weighted by molar-refractivity contribution is 6.32. The summed E-state index contributed by atoms with van der Waals surface area (Å²) in [5.41, 5.74) is 2.13. The number of rotatable bonds is 7. The summed E-state index contributed by atoms with van der Waals surface area (Å²) in [5.74, 6) is -1.45. The van der Waals surface area contributed by atoms with E-state index >= 15 is 0 Å². The Morgan fingerprint density at radius 1 is 1.17 bits per heavy atom. The number of ether oxygens (including phenoxy) is 1. The number of hydrazone groups is 1. The fourth-order valence-corrected chi connectivity index (χ4v) is 3.00. The molecule has 1 unspecified atom stereocenters. The molecule has 2 amide bonds. The number of esters is 1. The lowest BCUT2D eigenvalue weighted by atomic mass is 10.1. The van der Waals surface area contributed by atoms with E-state index < -0.39 is 18.0 Å². The molecule has 1 N–H and O–H groups in total. The summed E-state index contributed by atoms with van der Waals surface area (Å²) in [7, 11) is 0. The highest BCUT2D eigenvalue weighted by Gasteiger charge is 2.24. The van der Waals surface area contributed by atoms with Gasteiger partial charge in [0.1, 0.15) is 0 Å². The maximum atomic E-state index is 12.3. The summed E-state index contributed by atoms with van der Waals surface area (Å²) in [6, 6.07) is 12.8. The Morgan fingerprint density at radius 3 is 2.67 bits per heavy atom. The topological polar surface area (TPSA) is 101 Å². The Labute approximate surface area is 178 Å². The molecule has 2 aromatic rings. The molecule has 1 aliphatic rings. The van der Waals surface area contributed by atoms with Crippen molar-refractivity contribution < 1.29 is 19.1 Å². The molecule has 1 aliphatic heterocycles. The minimum Gasteiger partial charge on any atom is -0.453 e.